The third-order valence-corrected chi connectivity index (χ3v) is 7.31. The van der Waals surface area contributed by atoms with Gasteiger partial charge in [0.25, 0.3) is 5.91 Å². The van der Waals surface area contributed by atoms with Gasteiger partial charge in [-0.15, -0.1) is 0 Å². The van der Waals surface area contributed by atoms with E-state index in [2.05, 4.69) is 33.8 Å². The molecular weight excluding hydrogens is 494 g/mol. The molecule has 0 bridgehead atoms. The summed E-state index contributed by atoms with van der Waals surface area (Å²) in [6.45, 7) is 6.00. The molecule has 2 heterocycles. The monoisotopic (exact) mass is 525 g/mol. The van der Waals surface area contributed by atoms with Crippen molar-refractivity contribution in [1.29, 1.82) is 0 Å². The van der Waals surface area contributed by atoms with Gasteiger partial charge in [-0.25, -0.2) is 0 Å². The van der Waals surface area contributed by atoms with Crippen LogP contribution in [0.1, 0.15) is 21.6 Å². The van der Waals surface area contributed by atoms with E-state index in [0.29, 0.717) is 18.1 Å². The van der Waals surface area contributed by atoms with Gasteiger partial charge < -0.3 is 14.2 Å². The van der Waals surface area contributed by atoms with Crippen molar-refractivity contribution < 1.29 is 9.53 Å². The summed E-state index contributed by atoms with van der Waals surface area (Å²) in [6.07, 6.45) is 4.35. The van der Waals surface area contributed by atoms with Crippen LogP contribution in [0.25, 0.3) is 23.0 Å². The number of benzene rings is 3. The summed E-state index contributed by atoms with van der Waals surface area (Å²) in [5.41, 5.74) is 5.71. The fraction of sp³-hybridized carbons (Fsp3) is 0.219. The first-order valence-electron chi connectivity index (χ1n) is 12.9. The van der Waals surface area contributed by atoms with Gasteiger partial charge in [0, 0.05) is 55.2 Å². The Morgan fingerprint density at radius 3 is 2.37 bits per heavy atom. The number of hydrogen-bond acceptors (Lipinski definition) is 3. The molecule has 5 nitrogen and oxygen atoms in total. The summed E-state index contributed by atoms with van der Waals surface area (Å²) < 4.78 is 7.60. The number of carbonyl (C=O) groups excluding carboxylic acids is 1. The lowest BCUT2D eigenvalue weighted by molar-refractivity contribution is 0.0649. The number of carbonyl (C=O) groups is 1. The SMILES string of the molecule is COc1cccc(-n2c(-c3ccc(Cl)cc3)cc(C(=O)N3CCN(C/C=C/c4ccccc4)CC3)c2C)c1. The minimum absolute atomic E-state index is 0.0684. The molecule has 5 rings (SSSR count). The molecule has 38 heavy (non-hydrogen) atoms. The number of hydrogen-bond donors (Lipinski definition) is 0. The molecule has 6 heteroatoms. The molecule has 0 radical (unpaired) electrons. The standard InChI is InChI=1S/C32H32ClN3O2/c1-24-30(32(37)35-20-18-34(19-21-35)17-7-10-25-8-4-3-5-9-25)23-31(26-13-15-27(33)16-14-26)36(24)28-11-6-12-29(22-28)38-2/h3-16,22-23H,17-21H2,1-2H3/b10-7+. The molecule has 1 aliphatic rings. The molecule has 1 saturated heterocycles. The zero-order chi connectivity index (χ0) is 26.5. The molecule has 0 aliphatic carbocycles. The van der Waals surface area contributed by atoms with E-state index in [1.165, 1.54) is 5.56 Å². The minimum Gasteiger partial charge on any atom is -0.497 e. The van der Waals surface area contributed by atoms with Crippen LogP contribution in [0.4, 0.5) is 0 Å². The van der Waals surface area contributed by atoms with Crippen LogP contribution in [-0.4, -0.2) is 60.1 Å². The van der Waals surface area contributed by atoms with Crippen molar-refractivity contribution >= 4 is 23.6 Å². The first kappa shape index (κ1) is 25.8. The maximum atomic E-state index is 13.8. The summed E-state index contributed by atoms with van der Waals surface area (Å²) in [5, 5.41) is 0.678. The Morgan fingerprint density at radius 1 is 0.921 bits per heavy atom. The molecule has 1 aromatic heterocycles. The second-order valence-corrected chi connectivity index (χ2v) is 9.91. The van der Waals surface area contributed by atoms with E-state index in [1.807, 2.05) is 84.6 Å². The van der Waals surface area contributed by atoms with Gasteiger partial charge in [0.05, 0.1) is 18.4 Å². The molecule has 4 aromatic rings. The number of halogens is 1. The second-order valence-electron chi connectivity index (χ2n) is 9.48. The van der Waals surface area contributed by atoms with Gasteiger partial charge in [-0.1, -0.05) is 72.3 Å². The second kappa shape index (κ2) is 11.7. The number of aromatic nitrogens is 1. The lowest BCUT2D eigenvalue weighted by Crippen LogP contribution is -2.48. The Hall–Kier alpha value is -3.80. The van der Waals surface area contributed by atoms with E-state index in [1.54, 1.807) is 7.11 Å². The Balaban J connectivity index is 1.36. The van der Waals surface area contributed by atoms with Gasteiger partial charge >= 0.3 is 0 Å². The fourth-order valence-corrected chi connectivity index (χ4v) is 5.07. The highest BCUT2D eigenvalue weighted by Gasteiger charge is 2.26. The van der Waals surface area contributed by atoms with E-state index < -0.39 is 0 Å². The van der Waals surface area contributed by atoms with Crippen molar-refractivity contribution in [2.45, 2.75) is 6.92 Å². The van der Waals surface area contributed by atoms with Crippen LogP contribution in [-0.2, 0) is 0 Å². The van der Waals surface area contributed by atoms with Crippen molar-refractivity contribution in [2.75, 3.05) is 39.8 Å². The van der Waals surface area contributed by atoms with E-state index in [4.69, 9.17) is 16.3 Å². The molecule has 0 saturated carbocycles. The smallest absolute Gasteiger partial charge is 0.255 e. The van der Waals surface area contributed by atoms with Crippen molar-refractivity contribution in [3.05, 3.63) is 113 Å². The third-order valence-electron chi connectivity index (χ3n) is 7.06. The molecule has 0 N–H and O–H groups in total. The Bertz CT molecular complexity index is 1420. The molecule has 1 amide bonds. The van der Waals surface area contributed by atoms with Gasteiger partial charge in [0.2, 0.25) is 0 Å². The van der Waals surface area contributed by atoms with E-state index in [0.717, 1.165) is 53.6 Å². The molecule has 0 unspecified atom stereocenters. The molecule has 194 valence electrons. The van der Waals surface area contributed by atoms with Crippen molar-refractivity contribution in [3.63, 3.8) is 0 Å². The zero-order valence-electron chi connectivity index (χ0n) is 21.8. The summed E-state index contributed by atoms with van der Waals surface area (Å²) in [7, 11) is 1.66. The van der Waals surface area contributed by atoms with Crippen LogP contribution < -0.4 is 4.74 Å². The van der Waals surface area contributed by atoms with Crippen LogP contribution in [0, 0.1) is 6.92 Å². The predicted octanol–water partition coefficient (Wildman–Crippen LogP) is 6.59. The third kappa shape index (κ3) is 5.69. The summed E-state index contributed by atoms with van der Waals surface area (Å²) in [5.74, 6) is 0.835. The van der Waals surface area contributed by atoms with Gasteiger partial charge in [0.1, 0.15) is 5.75 Å². The summed E-state index contributed by atoms with van der Waals surface area (Å²) in [6, 6.07) is 28.0. The Labute approximate surface area is 229 Å². The first-order valence-corrected chi connectivity index (χ1v) is 13.3. The molecule has 0 spiro atoms. The first-order chi connectivity index (χ1) is 18.5. The minimum atomic E-state index is 0.0684. The lowest BCUT2D eigenvalue weighted by atomic mass is 10.1. The number of nitrogens with zero attached hydrogens (tertiary/aromatic N) is 3. The number of amides is 1. The van der Waals surface area contributed by atoms with Gasteiger partial charge in [-0.05, 0) is 48.4 Å². The topological polar surface area (TPSA) is 37.7 Å². The average molecular weight is 526 g/mol. The predicted molar refractivity (Wildman–Crippen MR) is 155 cm³/mol. The lowest BCUT2D eigenvalue weighted by Gasteiger charge is -2.34. The highest BCUT2D eigenvalue weighted by Crippen LogP contribution is 2.32. The van der Waals surface area contributed by atoms with Crippen LogP contribution >= 0.6 is 11.6 Å². The van der Waals surface area contributed by atoms with Gasteiger partial charge in [-0.3, -0.25) is 9.69 Å². The maximum Gasteiger partial charge on any atom is 0.255 e. The maximum absolute atomic E-state index is 13.8. The van der Waals surface area contributed by atoms with E-state index in [-0.39, 0.29) is 5.91 Å². The number of methoxy groups -OCH3 is 1. The van der Waals surface area contributed by atoms with Gasteiger partial charge in [-0.2, -0.15) is 0 Å². The number of rotatable bonds is 7. The van der Waals surface area contributed by atoms with E-state index >= 15 is 0 Å². The quantitative estimate of drug-likeness (QED) is 0.273. The van der Waals surface area contributed by atoms with Crippen molar-refractivity contribution in [2.24, 2.45) is 0 Å². The normalized spacial score (nSPS) is 14.2. The van der Waals surface area contributed by atoms with Crippen LogP contribution in [0.3, 0.4) is 0 Å². The number of ether oxygens (including phenoxy) is 1. The molecule has 1 fully saturated rings. The highest BCUT2D eigenvalue weighted by atomic mass is 35.5. The van der Waals surface area contributed by atoms with Crippen LogP contribution in [0.5, 0.6) is 5.75 Å². The number of piperazine rings is 1. The van der Waals surface area contributed by atoms with Crippen molar-refractivity contribution in [1.82, 2.24) is 14.4 Å². The Morgan fingerprint density at radius 2 is 1.66 bits per heavy atom. The van der Waals surface area contributed by atoms with E-state index in [9.17, 15) is 4.79 Å². The van der Waals surface area contributed by atoms with Crippen LogP contribution in [0.2, 0.25) is 5.02 Å². The van der Waals surface area contributed by atoms with Crippen molar-refractivity contribution in [3.8, 4) is 22.7 Å². The zero-order valence-corrected chi connectivity index (χ0v) is 22.6. The molecule has 3 aromatic carbocycles. The largest absolute Gasteiger partial charge is 0.497 e. The Kier molecular flexibility index (Phi) is 7.97. The van der Waals surface area contributed by atoms with Crippen LogP contribution in [0.15, 0.2) is 91.0 Å². The summed E-state index contributed by atoms with van der Waals surface area (Å²) in [4.78, 5) is 18.1. The molecule has 1 aliphatic heterocycles. The summed E-state index contributed by atoms with van der Waals surface area (Å²) >= 11 is 6.17. The average Bonchev–Trinajstić information content (AvgIpc) is 3.31. The molecular formula is C32H32ClN3O2. The fourth-order valence-electron chi connectivity index (χ4n) is 4.94. The van der Waals surface area contributed by atoms with Gasteiger partial charge in [0.15, 0.2) is 0 Å². The highest BCUT2D eigenvalue weighted by molar-refractivity contribution is 6.30. The molecule has 0 atom stereocenters.